The lowest BCUT2D eigenvalue weighted by Gasteiger charge is -2.45. The van der Waals surface area contributed by atoms with Crippen LogP contribution in [0.3, 0.4) is 0 Å². The van der Waals surface area contributed by atoms with Gasteiger partial charge in [-0.1, -0.05) is 18.2 Å². The van der Waals surface area contributed by atoms with Gasteiger partial charge in [0.1, 0.15) is 0 Å². The summed E-state index contributed by atoms with van der Waals surface area (Å²) in [5.74, 6) is 0. The molecule has 100 valence electrons. The Morgan fingerprint density at radius 1 is 1.28 bits per heavy atom. The van der Waals surface area contributed by atoms with Crippen molar-refractivity contribution in [1.82, 2.24) is 10.2 Å². The van der Waals surface area contributed by atoms with Crippen LogP contribution in [0.1, 0.15) is 12.5 Å². The van der Waals surface area contributed by atoms with E-state index < -0.39 is 0 Å². The molecule has 0 aliphatic carbocycles. The van der Waals surface area contributed by atoms with Gasteiger partial charge in [-0.05, 0) is 39.6 Å². The molecule has 1 aliphatic rings. The second-order valence-electron chi connectivity index (χ2n) is 5.44. The first-order valence-corrected chi connectivity index (χ1v) is 6.80. The monoisotopic (exact) mass is 247 g/mol. The number of rotatable bonds is 3. The summed E-state index contributed by atoms with van der Waals surface area (Å²) in [4.78, 5) is 5.02. The fourth-order valence-electron chi connectivity index (χ4n) is 2.89. The maximum atomic E-state index is 3.30. The molecule has 2 rings (SSSR count). The topological polar surface area (TPSA) is 18.5 Å². The number of nitrogens with zero attached hydrogens (tertiary/aromatic N) is 2. The molecule has 1 aliphatic heterocycles. The van der Waals surface area contributed by atoms with Crippen LogP contribution in [0, 0.1) is 6.92 Å². The van der Waals surface area contributed by atoms with Gasteiger partial charge in [0.15, 0.2) is 0 Å². The van der Waals surface area contributed by atoms with Gasteiger partial charge in [-0.15, -0.1) is 0 Å². The highest BCUT2D eigenvalue weighted by atomic mass is 15.3. The van der Waals surface area contributed by atoms with Gasteiger partial charge in [0.05, 0.1) is 0 Å². The summed E-state index contributed by atoms with van der Waals surface area (Å²) in [6.45, 7) is 7.79. The number of piperazine rings is 1. The lowest BCUT2D eigenvalue weighted by molar-refractivity contribution is 0.190. The zero-order valence-electron chi connectivity index (χ0n) is 12.0. The molecule has 2 atom stereocenters. The Labute approximate surface area is 111 Å². The number of likely N-dealkylation sites (N-methyl/N-ethyl adjacent to an activating group) is 2. The van der Waals surface area contributed by atoms with Crippen LogP contribution in [-0.2, 0) is 0 Å². The molecule has 1 aromatic rings. The molecule has 0 bridgehead atoms. The van der Waals surface area contributed by atoms with E-state index in [2.05, 4.69) is 60.3 Å². The summed E-state index contributed by atoms with van der Waals surface area (Å²) in [5.41, 5.74) is 2.76. The molecule has 1 saturated heterocycles. The van der Waals surface area contributed by atoms with Crippen LogP contribution >= 0.6 is 0 Å². The Kier molecular flexibility index (Phi) is 4.25. The Bertz CT molecular complexity index is 391. The summed E-state index contributed by atoms with van der Waals surface area (Å²) >= 11 is 0. The third kappa shape index (κ3) is 2.68. The van der Waals surface area contributed by atoms with Crippen molar-refractivity contribution in [2.75, 3.05) is 38.6 Å². The van der Waals surface area contributed by atoms with E-state index in [1.807, 2.05) is 7.05 Å². The second kappa shape index (κ2) is 5.72. The molecule has 18 heavy (non-hydrogen) atoms. The average molecular weight is 247 g/mol. The number of para-hydroxylation sites is 1. The van der Waals surface area contributed by atoms with Crippen molar-refractivity contribution >= 4 is 5.69 Å². The predicted octanol–water partition coefficient (Wildman–Crippen LogP) is 1.72. The number of aryl methyl sites for hydroxylation is 1. The van der Waals surface area contributed by atoms with Gasteiger partial charge in [0.2, 0.25) is 0 Å². The summed E-state index contributed by atoms with van der Waals surface area (Å²) in [6, 6.07) is 9.86. The Hall–Kier alpha value is -1.06. The molecule has 1 N–H and O–H groups in total. The Balaban J connectivity index is 2.19. The van der Waals surface area contributed by atoms with E-state index in [0.717, 1.165) is 19.6 Å². The second-order valence-corrected chi connectivity index (χ2v) is 5.44. The van der Waals surface area contributed by atoms with E-state index in [9.17, 15) is 0 Å². The number of anilines is 1. The molecule has 3 heteroatoms. The summed E-state index contributed by atoms with van der Waals surface area (Å²) < 4.78 is 0. The van der Waals surface area contributed by atoms with Crippen LogP contribution in [0.4, 0.5) is 5.69 Å². The van der Waals surface area contributed by atoms with Gasteiger partial charge in [0, 0.05) is 37.4 Å². The molecule has 0 amide bonds. The molecule has 1 aromatic carbocycles. The molecule has 2 unspecified atom stereocenters. The van der Waals surface area contributed by atoms with Crippen LogP contribution in [-0.4, -0.2) is 50.7 Å². The number of nitrogens with one attached hydrogen (secondary N) is 1. The van der Waals surface area contributed by atoms with Crippen molar-refractivity contribution in [3.63, 3.8) is 0 Å². The molecule has 1 heterocycles. The summed E-state index contributed by atoms with van der Waals surface area (Å²) in [6.07, 6.45) is 0. The van der Waals surface area contributed by atoms with Crippen molar-refractivity contribution in [1.29, 1.82) is 0 Å². The predicted molar refractivity (Wildman–Crippen MR) is 78.3 cm³/mol. The maximum absolute atomic E-state index is 3.30. The molecule has 1 fully saturated rings. The molecule has 0 aromatic heterocycles. The minimum Gasteiger partial charge on any atom is -0.366 e. The molecule has 0 radical (unpaired) electrons. The smallest absolute Gasteiger partial charge is 0.0399 e. The first-order valence-electron chi connectivity index (χ1n) is 6.80. The van der Waals surface area contributed by atoms with E-state index in [1.165, 1.54) is 11.3 Å². The number of benzene rings is 1. The van der Waals surface area contributed by atoms with Crippen LogP contribution in [0.25, 0.3) is 0 Å². The van der Waals surface area contributed by atoms with Gasteiger partial charge in [-0.3, -0.25) is 4.90 Å². The van der Waals surface area contributed by atoms with Crippen LogP contribution in [0.2, 0.25) is 0 Å². The Morgan fingerprint density at radius 2 is 2.00 bits per heavy atom. The van der Waals surface area contributed by atoms with Gasteiger partial charge in [-0.25, -0.2) is 0 Å². The van der Waals surface area contributed by atoms with Crippen LogP contribution in [0.15, 0.2) is 24.3 Å². The van der Waals surface area contributed by atoms with Gasteiger partial charge in [0.25, 0.3) is 0 Å². The fraction of sp³-hybridized carbons (Fsp3) is 0.600. The van der Waals surface area contributed by atoms with E-state index in [1.54, 1.807) is 0 Å². The molecule has 3 nitrogen and oxygen atoms in total. The lowest BCUT2D eigenvalue weighted by atomic mass is 10.0. The first kappa shape index (κ1) is 13.4. The quantitative estimate of drug-likeness (QED) is 0.877. The van der Waals surface area contributed by atoms with Gasteiger partial charge < -0.3 is 10.2 Å². The standard InChI is InChI=1S/C15H25N3/c1-12-7-5-6-8-15(12)18-11-14(9-16-3)17(4)10-13(18)2/h5-8,13-14,16H,9-11H2,1-4H3. The van der Waals surface area contributed by atoms with E-state index in [-0.39, 0.29) is 0 Å². The minimum absolute atomic E-state index is 0.573. The van der Waals surface area contributed by atoms with Crippen molar-refractivity contribution in [2.24, 2.45) is 0 Å². The number of hydrogen-bond donors (Lipinski definition) is 1. The summed E-state index contributed by atoms with van der Waals surface area (Å²) in [7, 11) is 4.26. The molecular weight excluding hydrogens is 222 g/mol. The van der Waals surface area contributed by atoms with Crippen molar-refractivity contribution in [3.8, 4) is 0 Å². The highest BCUT2D eigenvalue weighted by Gasteiger charge is 2.29. The zero-order valence-corrected chi connectivity index (χ0v) is 12.0. The SMILES string of the molecule is CNCC1CN(c2ccccc2C)C(C)CN1C. The third-order valence-electron chi connectivity index (χ3n) is 3.98. The van der Waals surface area contributed by atoms with Crippen LogP contribution < -0.4 is 10.2 Å². The molecular formula is C15H25N3. The normalized spacial score (nSPS) is 25.4. The van der Waals surface area contributed by atoms with Crippen molar-refractivity contribution in [2.45, 2.75) is 25.9 Å². The maximum Gasteiger partial charge on any atom is 0.0399 e. The van der Waals surface area contributed by atoms with Crippen molar-refractivity contribution < 1.29 is 0 Å². The average Bonchev–Trinajstić information content (AvgIpc) is 2.34. The summed E-state index contributed by atoms with van der Waals surface area (Å²) in [5, 5.41) is 3.30. The van der Waals surface area contributed by atoms with Crippen molar-refractivity contribution in [3.05, 3.63) is 29.8 Å². The highest BCUT2D eigenvalue weighted by Crippen LogP contribution is 2.25. The fourth-order valence-corrected chi connectivity index (χ4v) is 2.89. The molecule has 0 spiro atoms. The van der Waals surface area contributed by atoms with E-state index >= 15 is 0 Å². The van der Waals surface area contributed by atoms with E-state index in [0.29, 0.717) is 12.1 Å². The lowest BCUT2D eigenvalue weighted by Crippen LogP contribution is -2.58. The minimum atomic E-state index is 0.573. The largest absolute Gasteiger partial charge is 0.366 e. The number of hydrogen-bond acceptors (Lipinski definition) is 3. The van der Waals surface area contributed by atoms with E-state index in [4.69, 9.17) is 0 Å². The third-order valence-corrected chi connectivity index (χ3v) is 3.98. The van der Waals surface area contributed by atoms with Crippen LogP contribution in [0.5, 0.6) is 0 Å². The Morgan fingerprint density at radius 3 is 2.67 bits per heavy atom. The zero-order chi connectivity index (χ0) is 13.1. The first-order chi connectivity index (χ1) is 8.63. The highest BCUT2D eigenvalue weighted by molar-refractivity contribution is 5.54. The van der Waals surface area contributed by atoms with Gasteiger partial charge >= 0.3 is 0 Å². The van der Waals surface area contributed by atoms with Gasteiger partial charge in [-0.2, -0.15) is 0 Å². The molecule has 0 saturated carbocycles.